The molecule has 0 amide bonds. The second-order valence-electron chi connectivity index (χ2n) is 5.75. The Morgan fingerprint density at radius 3 is 2.61 bits per heavy atom. The molecule has 0 radical (unpaired) electrons. The van der Waals surface area contributed by atoms with Crippen molar-refractivity contribution in [3.05, 3.63) is 46.9 Å². The number of hydrogen-bond donors (Lipinski definition) is 0. The molecule has 3 rings (SSSR count). The molecular weight excluding hydrogens is 316 g/mol. The van der Waals surface area contributed by atoms with Gasteiger partial charge in [0.15, 0.2) is 0 Å². The van der Waals surface area contributed by atoms with E-state index in [9.17, 15) is 13.2 Å². The highest BCUT2D eigenvalue weighted by atomic mass is 32.2. The van der Waals surface area contributed by atoms with Crippen LogP contribution in [0, 0.1) is 0 Å². The van der Waals surface area contributed by atoms with E-state index in [0.29, 0.717) is 26.1 Å². The van der Waals surface area contributed by atoms with Crippen LogP contribution in [0.5, 0.6) is 0 Å². The van der Waals surface area contributed by atoms with Crippen molar-refractivity contribution in [3.63, 3.8) is 0 Å². The van der Waals surface area contributed by atoms with E-state index in [0.717, 1.165) is 18.5 Å². The number of aromatic nitrogens is 3. The summed E-state index contributed by atoms with van der Waals surface area (Å²) in [4.78, 5) is 16.2. The van der Waals surface area contributed by atoms with E-state index in [1.54, 1.807) is 12.5 Å². The SMILES string of the molecule is Cn1cncc1CCn1cc(S(=O)(=O)N2CCCC2)ccc1=O. The lowest BCUT2D eigenvalue weighted by atomic mass is 10.3. The van der Waals surface area contributed by atoms with Crippen molar-refractivity contribution in [2.24, 2.45) is 7.05 Å². The maximum absolute atomic E-state index is 12.6. The Morgan fingerprint density at radius 1 is 1.22 bits per heavy atom. The van der Waals surface area contributed by atoms with Crippen LogP contribution < -0.4 is 5.56 Å². The van der Waals surface area contributed by atoms with Gasteiger partial charge in [-0.3, -0.25) is 4.79 Å². The van der Waals surface area contributed by atoms with E-state index >= 15 is 0 Å². The highest BCUT2D eigenvalue weighted by molar-refractivity contribution is 7.89. The normalized spacial score (nSPS) is 16.0. The molecule has 23 heavy (non-hydrogen) atoms. The van der Waals surface area contributed by atoms with Crippen LogP contribution in [-0.2, 0) is 30.0 Å². The van der Waals surface area contributed by atoms with Crippen LogP contribution in [0.3, 0.4) is 0 Å². The molecule has 3 heterocycles. The van der Waals surface area contributed by atoms with Gasteiger partial charge in [0.2, 0.25) is 10.0 Å². The molecule has 0 N–H and O–H groups in total. The minimum Gasteiger partial charge on any atom is -0.338 e. The van der Waals surface area contributed by atoms with Gasteiger partial charge in [-0.1, -0.05) is 0 Å². The van der Waals surface area contributed by atoms with Crippen molar-refractivity contribution in [2.75, 3.05) is 13.1 Å². The van der Waals surface area contributed by atoms with Crippen molar-refractivity contribution < 1.29 is 8.42 Å². The number of nitrogens with zero attached hydrogens (tertiary/aromatic N) is 4. The summed E-state index contributed by atoms with van der Waals surface area (Å²) in [7, 11) is -1.61. The third-order valence-electron chi connectivity index (χ3n) is 4.18. The van der Waals surface area contributed by atoms with Crippen LogP contribution in [0.2, 0.25) is 0 Å². The lowest BCUT2D eigenvalue weighted by Crippen LogP contribution is -2.30. The average molecular weight is 336 g/mol. The first-order valence-corrected chi connectivity index (χ1v) is 9.08. The Morgan fingerprint density at radius 2 is 1.96 bits per heavy atom. The maximum atomic E-state index is 12.6. The van der Waals surface area contributed by atoms with Crippen molar-refractivity contribution in [2.45, 2.75) is 30.7 Å². The standard InChI is InChI=1S/C15H20N4O3S/c1-17-12-16-10-13(17)6-9-18-11-14(4-5-15(18)20)23(21,22)19-7-2-3-8-19/h4-5,10-12H,2-3,6-9H2,1H3. The lowest BCUT2D eigenvalue weighted by molar-refractivity contribution is 0.476. The van der Waals surface area contributed by atoms with Gasteiger partial charge in [-0.2, -0.15) is 4.31 Å². The molecular formula is C15H20N4O3S. The molecule has 0 bridgehead atoms. The predicted molar refractivity (Wildman–Crippen MR) is 85.6 cm³/mol. The number of aryl methyl sites for hydroxylation is 3. The molecule has 8 heteroatoms. The molecule has 0 unspecified atom stereocenters. The maximum Gasteiger partial charge on any atom is 0.250 e. The summed E-state index contributed by atoms with van der Waals surface area (Å²) in [6, 6.07) is 2.72. The van der Waals surface area contributed by atoms with Gasteiger partial charge in [-0.25, -0.2) is 13.4 Å². The second kappa shape index (κ2) is 6.29. The number of sulfonamides is 1. The summed E-state index contributed by atoms with van der Waals surface area (Å²) in [5, 5.41) is 0. The molecule has 0 saturated carbocycles. The zero-order chi connectivity index (χ0) is 16.4. The molecule has 0 aromatic carbocycles. The zero-order valence-corrected chi connectivity index (χ0v) is 13.9. The molecule has 1 fully saturated rings. The van der Waals surface area contributed by atoms with Crippen molar-refractivity contribution in [1.29, 1.82) is 0 Å². The van der Waals surface area contributed by atoms with E-state index in [1.165, 1.54) is 27.2 Å². The minimum atomic E-state index is -3.50. The third-order valence-corrected chi connectivity index (χ3v) is 6.07. The third kappa shape index (κ3) is 3.23. The Balaban J connectivity index is 1.84. The minimum absolute atomic E-state index is 0.184. The molecule has 0 atom stereocenters. The Bertz CT molecular complexity index is 848. The molecule has 7 nitrogen and oxygen atoms in total. The first-order chi connectivity index (χ1) is 11.0. The Labute approximate surface area is 135 Å². The van der Waals surface area contributed by atoms with E-state index < -0.39 is 10.0 Å². The van der Waals surface area contributed by atoms with Crippen LogP contribution in [-0.4, -0.2) is 39.9 Å². The number of rotatable bonds is 5. The molecule has 2 aromatic rings. The van der Waals surface area contributed by atoms with Crippen LogP contribution in [0.25, 0.3) is 0 Å². The fourth-order valence-electron chi connectivity index (χ4n) is 2.77. The van der Waals surface area contributed by atoms with Crippen molar-refractivity contribution in [3.8, 4) is 0 Å². The fourth-order valence-corrected chi connectivity index (χ4v) is 4.31. The van der Waals surface area contributed by atoms with Crippen molar-refractivity contribution >= 4 is 10.0 Å². The van der Waals surface area contributed by atoms with E-state index in [-0.39, 0.29) is 10.5 Å². The second-order valence-corrected chi connectivity index (χ2v) is 7.69. The van der Waals surface area contributed by atoms with Crippen LogP contribution in [0.4, 0.5) is 0 Å². The summed E-state index contributed by atoms with van der Waals surface area (Å²) in [6.45, 7) is 1.52. The summed E-state index contributed by atoms with van der Waals surface area (Å²) in [5.74, 6) is 0. The first-order valence-electron chi connectivity index (χ1n) is 7.64. The zero-order valence-electron chi connectivity index (χ0n) is 13.1. The largest absolute Gasteiger partial charge is 0.338 e. The van der Waals surface area contributed by atoms with E-state index in [2.05, 4.69) is 4.98 Å². The Hall–Kier alpha value is -1.93. The predicted octanol–water partition coefficient (Wildman–Crippen LogP) is 0.609. The first kappa shape index (κ1) is 15.9. The number of hydrogen-bond acceptors (Lipinski definition) is 4. The monoisotopic (exact) mass is 336 g/mol. The summed E-state index contributed by atoms with van der Waals surface area (Å²) >= 11 is 0. The molecule has 2 aromatic heterocycles. The lowest BCUT2D eigenvalue weighted by Gasteiger charge is -2.16. The van der Waals surface area contributed by atoms with Gasteiger partial charge >= 0.3 is 0 Å². The topological polar surface area (TPSA) is 77.2 Å². The quantitative estimate of drug-likeness (QED) is 0.801. The van der Waals surface area contributed by atoms with Crippen LogP contribution >= 0.6 is 0 Å². The molecule has 1 aliphatic rings. The number of imidazole rings is 1. The highest BCUT2D eigenvalue weighted by Gasteiger charge is 2.27. The summed E-state index contributed by atoms with van der Waals surface area (Å²) in [5.41, 5.74) is 0.789. The van der Waals surface area contributed by atoms with Crippen LogP contribution in [0.1, 0.15) is 18.5 Å². The molecule has 124 valence electrons. The molecule has 1 saturated heterocycles. The van der Waals surface area contributed by atoms with Crippen molar-refractivity contribution in [1.82, 2.24) is 18.4 Å². The van der Waals surface area contributed by atoms with Gasteiger partial charge in [0.25, 0.3) is 5.56 Å². The summed E-state index contributed by atoms with van der Waals surface area (Å²) in [6.07, 6.45) is 7.29. The number of pyridine rings is 1. The molecule has 0 spiro atoms. The highest BCUT2D eigenvalue weighted by Crippen LogP contribution is 2.19. The van der Waals surface area contributed by atoms with Gasteiger partial charge in [-0.15, -0.1) is 0 Å². The van der Waals surface area contributed by atoms with Gasteiger partial charge < -0.3 is 9.13 Å². The van der Waals surface area contributed by atoms with Gasteiger partial charge in [-0.05, 0) is 18.9 Å². The molecule has 1 aliphatic heterocycles. The Kier molecular flexibility index (Phi) is 4.36. The molecule has 0 aliphatic carbocycles. The van der Waals surface area contributed by atoms with E-state index in [4.69, 9.17) is 0 Å². The smallest absolute Gasteiger partial charge is 0.250 e. The summed E-state index contributed by atoms with van der Waals surface area (Å²) < 4.78 is 30.0. The fraction of sp³-hybridized carbons (Fsp3) is 0.467. The van der Waals surface area contributed by atoms with Crippen LogP contribution in [0.15, 0.2) is 40.5 Å². The van der Waals surface area contributed by atoms with Gasteiger partial charge in [0.05, 0.1) is 11.2 Å². The van der Waals surface area contributed by atoms with Gasteiger partial charge in [0, 0.05) is 57.3 Å². The average Bonchev–Trinajstić information content (AvgIpc) is 3.18. The van der Waals surface area contributed by atoms with E-state index in [1.807, 2.05) is 11.6 Å². The van der Waals surface area contributed by atoms with Gasteiger partial charge in [0.1, 0.15) is 0 Å².